The van der Waals surface area contributed by atoms with Crippen molar-refractivity contribution in [1.82, 2.24) is 29.1 Å². The fourth-order valence-electron chi connectivity index (χ4n) is 2.76. The maximum absolute atomic E-state index is 13.2. The van der Waals surface area contributed by atoms with Crippen molar-refractivity contribution in [2.75, 3.05) is 0 Å². The van der Waals surface area contributed by atoms with Gasteiger partial charge in [0.25, 0.3) is 5.89 Å². The summed E-state index contributed by atoms with van der Waals surface area (Å²) in [6.45, 7) is 0. The van der Waals surface area contributed by atoms with E-state index in [4.69, 9.17) is 4.52 Å². The summed E-state index contributed by atoms with van der Waals surface area (Å²) in [7, 11) is 0. The van der Waals surface area contributed by atoms with E-state index in [1.54, 1.807) is 41.7 Å². The Balaban J connectivity index is 1.55. The molecule has 0 aliphatic carbocycles. The average molecular weight is 346 g/mol. The number of fused-ring (bicyclic) bond motifs is 1. The van der Waals surface area contributed by atoms with Gasteiger partial charge in [0.2, 0.25) is 5.82 Å². The predicted molar refractivity (Wildman–Crippen MR) is 91.0 cm³/mol. The summed E-state index contributed by atoms with van der Waals surface area (Å²) in [5.74, 6) is 0.497. The van der Waals surface area contributed by atoms with Crippen LogP contribution in [-0.4, -0.2) is 29.1 Å². The van der Waals surface area contributed by atoms with Crippen molar-refractivity contribution in [2.24, 2.45) is 0 Å². The number of imidazole rings is 2. The van der Waals surface area contributed by atoms with Crippen LogP contribution in [0, 0.1) is 5.82 Å². The molecular weight excluding hydrogens is 335 g/mol. The highest BCUT2D eigenvalue weighted by molar-refractivity contribution is 5.64. The molecule has 0 saturated carbocycles. The summed E-state index contributed by atoms with van der Waals surface area (Å²) >= 11 is 0. The van der Waals surface area contributed by atoms with Gasteiger partial charge in [0.15, 0.2) is 0 Å². The van der Waals surface area contributed by atoms with Gasteiger partial charge in [-0.1, -0.05) is 5.16 Å². The highest BCUT2D eigenvalue weighted by atomic mass is 19.1. The Kier molecular flexibility index (Phi) is 3.14. The molecule has 7 nitrogen and oxygen atoms in total. The molecular formula is C18H11FN6O. The molecule has 0 bridgehead atoms. The quantitative estimate of drug-likeness (QED) is 0.501. The Morgan fingerprint density at radius 2 is 1.81 bits per heavy atom. The summed E-state index contributed by atoms with van der Waals surface area (Å²) in [6, 6.07) is 9.91. The molecule has 5 rings (SSSR count). The molecule has 0 atom stereocenters. The van der Waals surface area contributed by atoms with E-state index in [2.05, 4.69) is 20.1 Å². The lowest BCUT2D eigenvalue weighted by molar-refractivity contribution is 0.430. The van der Waals surface area contributed by atoms with Crippen LogP contribution in [-0.2, 0) is 0 Å². The average Bonchev–Trinajstić information content (AvgIpc) is 3.40. The van der Waals surface area contributed by atoms with Gasteiger partial charge < -0.3 is 8.92 Å². The summed E-state index contributed by atoms with van der Waals surface area (Å²) < 4.78 is 22.2. The van der Waals surface area contributed by atoms with Gasteiger partial charge in [-0.25, -0.2) is 14.4 Å². The summed E-state index contributed by atoms with van der Waals surface area (Å²) in [6.07, 6.45) is 8.61. The second-order valence-corrected chi connectivity index (χ2v) is 5.69. The van der Waals surface area contributed by atoms with Gasteiger partial charge in [-0.3, -0.25) is 4.57 Å². The van der Waals surface area contributed by atoms with Crippen LogP contribution < -0.4 is 0 Å². The van der Waals surface area contributed by atoms with E-state index in [0.29, 0.717) is 17.4 Å². The first kappa shape index (κ1) is 14.5. The van der Waals surface area contributed by atoms with Gasteiger partial charge in [0.05, 0.1) is 30.6 Å². The number of hydrogen-bond donors (Lipinski definition) is 0. The van der Waals surface area contributed by atoms with Crippen LogP contribution in [0.4, 0.5) is 4.39 Å². The fourth-order valence-corrected chi connectivity index (χ4v) is 2.76. The van der Waals surface area contributed by atoms with Gasteiger partial charge in [-0.2, -0.15) is 4.98 Å². The molecule has 0 spiro atoms. The zero-order chi connectivity index (χ0) is 17.5. The van der Waals surface area contributed by atoms with E-state index in [1.807, 2.05) is 22.7 Å². The third kappa shape index (κ3) is 2.35. The second-order valence-electron chi connectivity index (χ2n) is 5.69. The first-order valence-corrected chi connectivity index (χ1v) is 7.82. The van der Waals surface area contributed by atoms with Crippen LogP contribution in [0.5, 0.6) is 0 Å². The topological polar surface area (TPSA) is 74.0 Å². The Labute approximate surface area is 146 Å². The van der Waals surface area contributed by atoms with Crippen LogP contribution >= 0.6 is 0 Å². The van der Waals surface area contributed by atoms with E-state index in [0.717, 1.165) is 16.8 Å². The number of aromatic nitrogens is 6. The number of halogens is 1. The standard InChI is InChI=1S/C18H11FN6O/c19-13-1-3-14(4-2-13)25-11-21-9-16(25)18-22-17(23-26-18)12-5-6-24-10-20-8-15(24)7-12/h1-11H. The molecule has 4 heterocycles. The van der Waals surface area contributed by atoms with E-state index >= 15 is 0 Å². The van der Waals surface area contributed by atoms with Crippen LogP contribution in [0.2, 0.25) is 0 Å². The smallest absolute Gasteiger partial charge is 0.276 e. The van der Waals surface area contributed by atoms with Crippen molar-refractivity contribution in [3.05, 3.63) is 73.5 Å². The molecule has 4 aromatic heterocycles. The maximum atomic E-state index is 13.2. The van der Waals surface area contributed by atoms with Crippen molar-refractivity contribution < 1.29 is 8.91 Å². The normalized spacial score (nSPS) is 11.3. The van der Waals surface area contributed by atoms with E-state index in [1.165, 1.54) is 12.1 Å². The molecule has 0 unspecified atom stereocenters. The third-order valence-electron chi connectivity index (χ3n) is 4.06. The van der Waals surface area contributed by atoms with Gasteiger partial charge in [-0.15, -0.1) is 0 Å². The van der Waals surface area contributed by atoms with Crippen LogP contribution in [0.25, 0.3) is 34.2 Å². The Bertz CT molecular complexity index is 1200. The van der Waals surface area contributed by atoms with Gasteiger partial charge in [0.1, 0.15) is 11.5 Å². The highest BCUT2D eigenvalue weighted by Gasteiger charge is 2.16. The molecule has 0 fully saturated rings. The third-order valence-corrected chi connectivity index (χ3v) is 4.06. The zero-order valence-corrected chi connectivity index (χ0v) is 13.3. The lowest BCUT2D eigenvalue weighted by atomic mass is 10.2. The molecule has 5 aromatic rings. The van der Waals surface area contributed by atoms with Crippen molar-refractivity contribution in [1.29, 1.82) is 0 Å². The summed E-state index contributed by atoms with van der Waals surface area (Å²) in [5.41, 5.74) is 3.13. The van der Waals surface area contributed by atoms with Crippen LogP contribution in [0.1, 0.15) is 0 Å². The predicted octanol–water partition coefficient (Wildman–Crippen LogP) is 3.38. The SMILES string of the molecule is Fc1ccc(-n2cncc2-c2nc(-c3ccn4cncc4c3)no2)cc1. The van der Waals surface area contributed by atoms with Crippen LogP contribution in [0.15, 0.2) is 72.2 Å². The monoisotopic (exact) mass is 346 g/mol. The van der Waals surface area contributed by atoms with Crippen molar-refractivity contribution in [3.63, 3.8) is 0 Å². The molecule has 0 radical (unpaired) electrons. The molecule has 126 valence electrons. The zero-order valence-electron chi connectivity index (χ0n) is 13.3. The van der Waals surface area contributed by atoms with Crippen LogP contribution in [0.3, 0.4) is 0 Å². The number of benzene rings is 1. The lowest BCUT2D eigenvalue weighted by Gasteiger charge is -2.04. The number of pyridine rings is 1. The molecule has 0 N–H and O–H groups in total. The van der Waals surface area contributed by atoms with Gasteiger partial charge in [-0.05, 0) is 36.4 Å². The number of rotatable bonds is 3. The van der Waals surface area contributed by atoms with Crippen molar-refractivity contribution in [2.45, 2.75) is 0 Å². The highest BCUT2D eigenvalue weighted by Crippen LogP contribution is 2.25. The molecule has 1 aromatic carbocycles. The number of hydrogen-bond acceptors (Lipinski definition) is 5. The minimum atomic E-state index is -0.300. The molecule has 0 aliphatic heterocycles. The Hall–Kier alpha value is -3.81. The van der Waals surface area contributed by atoms with E-state index in [-0.39, 0.29) is 5.82 Å². The van der Waals surface area contributed by atoms with Gasteiger partial charge >= 0.3 is 0 Å². The van der Waals surface area contributed by atoms with Gasteiger partial charge in [0, 0.05) is 17.4 Å². The Morgan fingerprint density at radius 1 is 0.962 bits per heavy atom. The minimum absolute atomic E-state index is 0.300. The summed E-state index contributed by atoms with van der Waals surface area (Å²) in [5, 5.41) is 4.07. The molecule has 8 heteroatoms. The molecule has 0 aliphatic rings. The van der Waals surface area contributed by atoms with E-state index < -0.39 is 0 Å². The largest absolute Gasteiger partial charge is 0.332 e. The van der Waals surface area contributed by atoms with Crippen molar-refractivity contribution >= 4 is 5.52 Å². The first-order valence-electron chi connectivity index (χ1n) is 7.82. The second kappa shape index (κ2) is 5.62. The summed E-state index contributed by atoms with van der Waals surface area (Å²) in [4.78, 5) is 12.7. The Morgan fingerprint density at radius 3 is 2.69 bits per heavy atom. The fraction of sp³-hybridized carbons (Fsp3) is 0. The van der Waals surface area contributed by atoms with Crippen molar-refractivity contribution in [3.8, 4) is 28.7 Å². The molecule has 0 saturated heterocycles. The lowest BCUT2D eigenvalue weighted by Crippen LogP contribution is -1.95. The number of nitrogens with zero attached hydrogens (tertiary/aromatic N) is 6. The van der Waals surface area contributed by atoms with E-state index in [9.17, 15) is 4.39 Å². The molecule has 0 amide bonds. The maximum Gasteiger partial charge on any atom is 0.276 e. The first-order chi connectivity index (χ1) is 12.8. The minimum Gasteiger partial charge on any atom is -0.332 e. The molecule has 26 heavy (non-hydrogen) atoms.